The van der Waals surface area contributed by atoms with Crippen LogP contribution >= 0.6 is 0 Å². The number of ether oxygens (including phenoxy) is 1. The third kappa shape index (κ3) is 6.61. The molecule has 0 spiro atoms. The third-order valence-corrected chi connectivity index (χ3v) is 5.15. The lowest BCUT2D eigenvalue weighted by Gasteiger charge is -2.21. The average Bonchev–Trinajstić information content (AvgIpc) is 2.51. The largest absolute Gasteiger partial charge is 0.466 e. The summed E-state index contributed by atoms with van der Waals surface area (Å²) in [5.74, 6) is -0.191. The normalized spacial score (nSPS) is 12.2. The fourth-order valence-electron chi connectivity index (χ4n) is 2.22. The number of unbranched alkanes of at least 4 members (excludes halogenated alkanes) is 2. The van der Waals surface area contributed by atoms with Crippen LogP contribution in [0.4, 0.5) is 0 Å². The Hall–Kier alpha value is -1.40. The molecule has 6 heteroatoms. The summed E-state index contributed by atoms with van der Waals surface area (Å²) in [6.07, 6.45) is 2.95. The highest BCUT2D eigenvalue weighted by molar-refractivity contribution is 7.86. The van der Waals surface area contributed by atoms with Crippen molar-refractivity contribution in [3.05, 3.63) is 29.8 Å². The molecule has 0 atom stereocenters. The van der Waals surface area contributed by atoms with Crippen LogP contribution in [0.25, 0.3) is 0 Å². The van der Waals surface area contributed by atoms with Crippen LogP contribution < -0.4 is 0 Å². The van der Waals surface area contributed by atoms with Gasteiger partial charge in [0.15, 0.2) is 0 Å². The molecule has 0 fully saturated rings. The van der Waals surface area contributed by atoms with Crippen LogP contribution in [-0.2, 0) is 23.8 Å². The summed E-state index contributed by atoms with van der Waals surface area (Å²) in [5, 5.41) is 0. The minimum atomic E-state index is -3.69. The standard InChI is InChI=1S/C18H28O5S/c1-5-22-17(19)18(3,4)13-7-6-8-14-23-24(20,21)16-11-9-15(2)10-12-16/h9-12H,5-8,13-14H2,1-4H3. The second kappa shape index (κ2) is 9.18. The molecule has 0 aliphatic rings. The zero-order valence-electron chi connectivity index (χ0n) is 15.0. The molecule has 0 saturated carbocycles. The average molecular weight is 356 g/mol. The molecule has 1 aromatic carbocycles. The maximum absolute atomic E-state index is 12.0. The first-order chi connectivity index (χ1) is 11.2. The zero-order valence-corrected chi connectivity index (χ0v) is 15.8. The lowest BCUT2D eigenvalue weighted by atomic mass is 9.87. The van der Waals surface area contributed by atoms with Crippen molar-refractivity contribution in [1.82, 2.24) is 0 Å². The van der Waals surface area contributed by atoms with Gasteiger partial charge in [0.25, 0.3) is 10.1 Å². The highest BCUT2D eigenvalue weighted by Gasteiger charge is 2.28. The molecule has 0 saturated heterocycles. The molecule has 0 aliphatic heterocycles. The van der Waals surface area contributed by atoms with Crippen LogP contribution in [0.3, 0.4) is 0 Å². The van der Waals surface area contributed by atoms with E-state index >= 15 is 0 Å². The van der Waals surface area contributed by atoms with Gasteiger partial charge < -0.3 is 4.74 Å². The van der Waals surface area contributed by atoms with E-state index in [-0.39, 0.29) is 17.5 Å². The van der Waals surface area contributed by atoms with Crippen LogP contribution in [0, 0.1) is 12.3 Å². The Morgan fingerprint density at radius 3 is 2.29 bits per heavy atom. The first-order valence-electron chi connectivity index (χ1n) is 8.32. The van der Waals surface area contributed by atoms with Gasteiger partial charge in [-0.1, -0.05) is 30.5 Å². The third-order valence-electron chi connectivity index (χ3n) is 3.82. The van der Waals surface area contributed by atoms with E-state index in [1.807, 2.05) is 20.8 Å². The molecule has 0 aromatic heterocycles. The van der Waals surface area contributed by atoms with E-state index in [9.17, 15) is 13.2 Å². The highest BCUT2D eigenvalue weighted by Crippen LogP contribution is 2.25. The number of hydrogen-bond donors (Lipinski definition) is 0. The van der Waals surface area contributed by atoms with Crippen molar-refractivity contribution in [3.63, 3.8) is 0 Å². The molecular formula is C18H28O5S. The molecule has 24 heavy (non-hydrogen) atoms. The van der Waals surface area contributed by atoms with Gasteiger partial charge in [-0.25, -0.2) is 0 Å². The smallest absolute Gasteiger partial charge is 0.311 e. The topological polar surface area (TPSA) is 69.7 Å². The Morgan fingerprint density at radius 1 is 1.08 bits per heavy atom. The number of aryl methyl sites for hydroxylation is 1. The lowest BCUT2D eigenvalue weighted by molar-refractivity contribution is -0.153. The van der Waals surface area contributed by atoms with Gasteiger partial charge in [0.2, 0.25) is 0 Å². The first kappa shape index (κ1) is 20.6. The summed E-state index contributed by atoms with van der Waals surface area (Å²) < 4.78 is 34.1. The van der Waals surface area contributed by atoms with Gasteiger partial charge in [-0.3, -0.25) is 8.98 Å². The summed E-state index contributed by atoms with van der Waals surface area (Å²) in [7, 11) is -3.69. The van der Waals surface area contributed by atoms with Crippen molar-refractivity contribution >= 4 is 16.1 Å². The molecular weight excluding hydrogens is 328 g/mol. The van der Waals surface area contributed by atoms with Gasteiger partial charge in [-0.05, 0) is 52.7 Å². The number of carbonyl (C=O) groups is 1. The highest BCUT2D eigenvalue weighted by atomic mass is 32.2. The van der Waals surface area contributed by atoms with Gasteiger partial charge >= 0.3 is 5.97 Å². The molecule has 136 valence electrons. The molecule has 0 bridgehead atoms. The molecule has 0 unspecified atom stereocenters. The molecule has 0 N–H and O–H groups in total. The second-order valence-electron chi connectivity index (χ2n) is 6.50. The van der Waals surface area contributed by atoms with Crippen molar-refractivity contribution in [3.8, 4) is 0 Å². The fraction of sp³-hybridized carbons (Fsp3) is 0.611. The zero-order chi connectivity index (χ0) is 18.2. The number of carbonyl (C=O) groups excluding carboxylic acids is 1. The van der Waals surface area contributed by atoms with E-state index < -0.39 is 15.5 Å². The minimum Gasteiger partial charge on any atom is -0.466 e. The monoisotopic (exact) mass is 356 g/mol. The number of rotatable bonds is 10. The molecule has 0 aliphatic carbocycles. The van der Waals surface area contributed by atoms with E-state index in [4.69, 9.17) is 8.92 Å². The summed E-state index contributed by atoms with van der Waals surface area (Å²) in [6.45, 7) is 7.95. The van der Waals surface area contributed by atoms with E-state index in [2.05, 4.69) is 0 Å². The summed E-state index contributed by atoms with van der Waals surface area (Å²) in [6, 6.07) is 6.58. The Kier molecular flexibility index (Phi) is 7.90. The predicted molar refractivity (Wildman–Crippen MR) is 93.2 cm³/mol. The summed E-state index contributed by atoms with van der Waals surface area (Å²) >= 11 is 0. The maximum atomic E-state index is 12.0. The van der Waals surface area contributed by atoms with E-state index in [1.165, 1.54) is 0 Å². The van der Waals surface area contributed by atoms with Crippen molar-refractivity contribution in [2.75, 3.05) is 13.2 Å². The second-order valence-corrected chi connectivity index (χ2v) is 8.12. The van der Waals surface area contributed by atoms with Gasteiger partial charge in [-0.15, -0.1) is 0 Å². The summed E-state index contributed by atoms with van der Waals surface area (Å²) in [5.41, 5.74) is 0.489. The molecule has 1 aromatic rings. The SMILES string of the molecule is CCOC(=O)C(C)(C)CCCCCOS(=O)(=O)c1ccc(C)cc1. The van der Waals surface area contributed by atoms with Crippen LogP contribution in [0.1, 0.15) is 52.0 Å². The van der Waals surface area contributed by atoms with Gasteiger partial charge in [0, 0.05) is 0 Å². The van der Waals surface area contributed by atoms with E-state index in [0.717, 1.165) is 18.4 Å². The van der Waals surface area contributed by atoms with E-state index in [1.54, 1.807) is 31.2 Å². The maximum Gasteiger partial charge on any atom is 0.311 e. The van der Waals surface area contributed by atoms with Crippen LogP contribution in [0.2, 0.25) is 0 Å². The van der Waals surface area contributed by atoms with Crippen LogP contribution in [0.5, 0.6) is 0 Å². The molecule has 0 amide bonds. The van der Waals surface area contributed by atoms with Crippen molar-refractivity contribution < 1.29 is 22.1 Å². The van der Waals surface area contributed by atoms with Gasteiger partial charge in [0.05, 0.1) is 23.5 Å². The number of benzene rings is 1. The summed E-state index contributed by atoms with van der Waals surface area (Å²) in [4.78, 5) is 11.9. The minimum absolute atomic E-state index is 0.149. The lowest BCUT2D eigenvalue weighted by Crippen LogP contribution is -2.26. The van der Waals surface area contributed by atoms with Gasteiger partial charge in [0.1, 0.15) is 0 Å². The number of hydrogen-bond acceptors (Lipinski definition) is 5. The van der Waals surface area contributed by atoms with Crippen molar-refractivity contribution in [2.45, 2.75) is 58.3 Å². The van der Waals surface area contributed by atoms with Crippen LogP contribution in [0.15, 0.2) is 29.2 Å². The van der Waals surface area contributed by atoms with Crippen molar-refractivity contribution in [2.24, 2.45) is 5.41 Å². The fourth-order valence-corrected chi connectivity index (χ4v) is 3.16. The first-order valence-corrected chi connectivity index (χ1v) is 9.73. The number of esters is 1. The van der Waals surface area contributed by atoms with E-state index in [0.29, 0.717) is 19.4 Å². The molecule has 0 heterocycles. The Labute approximate surface area is 145 Å². The Morgan fingerprint density at radius 2 is 1.71 bits per heavy atom. The van der Waals surface area contributed by atoms with Gasteiger partial charge in [-0.2, -0.15) is 8.42 Å². The predicted octanol–water partition coefficient (Wildman–Crippen LogP) is 3.85. The quantitative estimate of drug-likeness (QED) is 0.362. The van der Waals surface area contributed by atoms with Crippen LogP contribution in [-0.4, -0.2) is 27.6 Å². The Bertz CT molecular complexity index is 617. The Balaban J connectivity index is 2.31. The van der Waals surface area contributed by atoms with Crippen molar-refractivity contribution in [1.29, 1.82) is 0 Å². The molecule has 1 rings (SSSR count). The molecule has 5 nitrogen and oxygen atoms in total. The molecule has 0 radical (unpaired) electrons.